The van der Waals surface area contributed by atoms with Crippen LogP contribution < -0.4 is 14.8 Å². The number of imidazole rings is 1. The van der Waals surface area contributed by atoms with E-state index in [0.717, 1.165) is 31.9 Å². The van der Waals surface area contributed by atoms with Crippen molar-refractivity contribution >= 4 is 43.8 Å². The lowest BCUT2D eigenvalue weighted by Gasteiger charge is -2.31. The van der Waals surface area contributed by atoms with Gasteiger partial charge in [0.25, 0.3) is 5.91 Å². The Hall–Kier alpha value is -3.78. The van der Waals surface area contributed by atoms with Crippen LogP contribution in [0.1, 0.15) is 36.0 Å². The zero-order valence-electron chi connectivity index (χ0n) is 24.1. The standard InChI is InChI=1S/C29H33F2N7O4S/c1-35-25-20(10-18(12-23(25)42-2)28(39)37-14-16-8-19(32)21(37)9-16)33-27(35)22-11-17-6-7-24(38(29(30)31)43(3,40)41)34-26(17)36(22)13-15-4-5-15/h6-7,10-12,15-16,19,21,29H,4-5,8-9,13-14,32H2,1-3H3/t16-,19-,21-/m1/s1. The average Bonchev–Trinajstić information content (AvgIpc) is 3.23. The number of nitrogens with zero attached hydrogens (tertiary/aromatic N) is 6. The number of hydrogen-bond acceptors (Lipinski definition) is 7. The number of ether oxygens (including phenoxy) is 1. The molecule has 3 aliphatic rings. The fourth-order valence-electron chi connectivity index (χ4n) is 6.88. The van der Waals surface area contributed by atoms with Crippen molar-refractivity contribution < 1.29 is 26.7 Å². The Labute approximate surface area is 247 Å². The zero-order chi connectivity index (χ0) is 30.4. The maximum atomic E-state index is 13.8. The quantitative estimate of drug-likeness (QED) is 0.301. The summed E-state index contributed by atoms with van der Waals surface area (Å²) in [5.41, 5.74) is 9.14. The van der Waals surface area contributed by atoms with Crippen LogP contribution in [0, 0.1) is 11.8 Å². The van der Waals surface area contributed by atoms with E-state index in [9.17, 15) is 22.0 Å². The number of piperidine rings is 1. The van der Waals surface area contributed by atoms with Crippen molar-refractivity contribution in [1.29, 1.82) is 0 Å². The first-order valence-electron chi connectivity index (χ1n) is 14.3. The van der Waals surface area contributed by atoms with Crippen molar-refractivity contribution in [3.63, 3.8) is 0 Å². The molecule has 3 atom stereocenters. The first-order chi connectivity index (χ1) is 20.4. The Morgan fingerprint density at radius 3 is 2.58 bits per heavy atom. The van der Waals surface area contributed by atoms with E-state index in [0.29, 0.717) is 69.8 Å². The first-order valence-corrected chi connectivity index (χ1v) is 16.2. The van der Waals surface area contributed by atoms with E-state index in [1.54, 1.807) is 25.3 Å². The third kappa shape index (κ3) is 4.62. The summed E-state index contributed by atoms with van der Waals surface area (Å²) in [5.74, 6) is 1.46. The number of benzene rings is 1. The van der Waals surface area contributed by atoms with E-state index in [4.69, 9.17) is 15.5 Å². The summed E-state index contributed by atoms with van der Waals surface area (Å²) in [6.45, 7) is -2.00. The molecule has 1 aliphatic heterocycles. The van der Waals surface area contributed by atoms with E-state index in [1.165, 1.54) is 6.07 Å². The van der Waals surface area contributed by atoms with Gasteiger partial charge >= 0.3 is 6.55 Å². The highest BCUT2D eigenvalue weighted by molar-refractivity contribution is 7.92. The monoisotopic (exact) mass is 613 g/mol. The molecule has 1 saturated heterocycles. The minimum atomic E-state index is -4.27. The molecular formula is C29H33F2N7O4S. The Morgan fingerprint density at radius 2 is 1.95 bits per heavy atom. The van der Waals surface area contributed by atoms with Crippen LogP contribution in [0.15, 0.2) is 30.3 Å². The lowest BCUT2D eigenvalue weighted by molar-refractivity contribution is 0.0684. The minimum absolute atomic E-state index is 0.0116. The summed E-state index contributed by atoms with van der Waals surface area (Å²) in [7, 11) is -0.861. The number of pyridine rings is 1. The zero-order valence-corrected chi connectivity index (χ0v) is 24.9. The van der Waals surface area contributed by atoms with Gasteiger partial charge in [0.15, 0.2) is 5.82 Å². The second-order valence-electron chi connectivity index (χ2n) is 12.1. The third-order valence-electron chi connectivity index (χ3n) is 9.05. The Balaban J connectivity index is 1.35. The number of aromatic nitrogens is 4. The van der Waals surface area contributed by atoms with Gasteiger partial charge in [-0.1, -0.05) is 0 Å². The molecule has 11 nitrogen and oxygen atoms in total. The third-order valence-corrected chi connectivity index (χ3v) is 10.1. The Bertz CT molecular complexity index is 1880. The van der Waals surface area contributed by atoms with Crippen molar-refractivity contribution in [3.05, 3.63) is 35.9 Å². The molecule has 14 heteroatoms. The SMILES string of the molecule is COc1cc(C(=O)N2C[C@@H]3C[C@@H](N)[C@H]2C3)cc2nc(-c3cc4ccc(N(C(F)F)S(C)(=O)=O)nc4n3CC3CC3)n(C)c12. The fourth-order valence-corrected chi connectivity index (χ4v) is 7.61. The van der Waals surface area contributed by atoms with Gasteiger partial charge < -0.3 is 24.5 Å². The van der Waals surface area contributed by atoms with Crippen LogP contribution in [0.25, 0.3) is 33.6 Å². The number of aryl methyl sites for hydroxylation is 1. The number of anilines is 1. The van der Waals surface area contributed by atoms with Crippen LogP contribution in [-0.2, 0) is 23.6 Å². The van der Waals surface area contributed by atoms with Gasteiger partial charge in [-0.05, 0) is 67.9 Å². The molecular weight excluding hydrogens is 580 g/mol. The molecule has 3 fully saturated rings. The van der Waals surface area contributed by atoms with Crippen LogP contribution in [0.2, 0.25) is 0 Å². The van der Waals surface area contributed by atoms with Gasteiger partial charge in [-0.2, -0.15) is 13.1 Å². The summed E-state index contributed by atoms with van der Waals surface area (Å²) in [6.07, 6.45) is 4.65. The fraction of sp³-hybridized carbons (Fsp3) is 0.483. The number of carbonyl (C=O) groups excluding carboxylic acids is 1. The number of sulfonamides is 1. The van der Waals surface area contributed by atoms with E-state index in [-0.39, 0.29) is 28.1 Å². The number of alkyl halides is 2. The Morgan fingerprint density at radius 1 is 1.19 bits per heavy atom. The van der Waals surface area contributed by atoms with Crippen molar-refractivity contribution in [2.24, 2.45) is 24.6 Å². The molecule has 0 spiro atoms. The topological polar surface area (TPSA) is 129 Å². The lowest BCUT2D eigenvalue weighted by Crippen LogP contribution is -2.48. The van der Waals surface area contributed by atoms with Crippen molar-refractivity contribution in [1.82, 2.24) is 24.0 Å². The molecule has 1 amide bonds. The van der Waals surface area contributed by atoms with Crippen LogP contribution >= 0.6 is 0 Å². The molecule has 43 heavy (non-hydrogen) atoms. The van der Waals surface area contributed by atoms with E-state index >= 15 is 0 Å². The lowest BCUT2D eigenvalue weighted by atomic mass is 10.0. The van der Waals surface area contributed by atoms with Gasteiger partial charge in [0.2, 0.25) is 10.0 Å². The molecule has 7 rings (SSSR count). The van der Waals surface area contributed by atoms with Crippen LogP contribution in [0.5, 0.6) is 5.75 Å². The molecule has 0 radical (unpaired) electrons. The largest absolute Gasteiger partial charge is 0.494 e. The number of methoxy groups -OCH3 is 1. The summed E-state index contributed by atoms with van der Waals surface area (Å²) < 4.78 is 61.5. The minimum Gasteiger partial charge on any atom is -0.494 e. The average molecular weight is 614 g/mol. The normalized spacial score (nSPS) is 21.9. The summed E-state index contributed by atoms with van der Waals surface area (Å²) >= 11 is 0. The predicted molar refractivity (Wildman–Crippen MR) is 158 cm³/mol. The van der Waals surface area contributed by atoms with Crippen molar-refractivity contribution in [2.45, 2.75) is 50.9 Å². The van der Waals surface area contributed by atoms with Crippen LogP contribution in [0.3, 0.4) is 0 Å². The number of carbonyl (C=O) groups is 1. The van der Waals surface area contributed by atoms with E-state index < -0.39 is 16.6 Å². The van der Waals surface area contributed by atoms with Gasteiger partial charge in [0.05, 0.1) is 24.6 Å². The summed E-state index contributed by atoms with van der Waals surface area (Å²) in [5, 5.41) is 0.664. The molecule has 4 heterocycles. The number of halogens is 2. The smallest absolute Gasteiger partial charge is 0.329 e. The molecule has 1 aromatic carbocycles. The number of amides is 1. The number of fused-ring (bicyclic) bond motifs is 4. The Kier molecular flexibility index (Phi) is 6.43. The molecule has 2 aliphatic carbocycles. The summed E-state index contributed by atoms with van der Waals surface area (Å²) in [6, 6.07) is 8.31. The molecule has 2 bridgehead atoms. The molecule has 2 saturated carbocycles. The number of likely N-dealkylation sites (tertiary alicyclic amines) is 1. The first kappa shape index (κ1) is 28.0. The maximum absolute atomic E-state index is 13.8. The molecule has 0 unspecified atom stereocenters. The highest BCUT2D eigenvalue weighted by atomic mass is 32.2. The number of nitrogens with two attached hydrogens (primary N) is 1. The number of hydrogen-bond donors (Lipinski definition) is 1. The maximum Gasteiger partial charge on any atom is 0.329 e. The van der Waals surface area contributed by atoms with Gasteiger partial charge in [-0.15, -0.1) is 0 Å². The number of rotatable bonds is 8. The van der Waals surface area contributed by atoms with Gasteiger partial charge in [-0.25, -0.2) is 18.4 Å². The van der Waals surface area contributed by atoms with E-state index in [1.807, 2.05) is 27.1 Å². The molecule has 228 valence electrons. The van der Waals surface area contributed by atoms with Gasteiger partial charge in [0.1, 0.15) is 22.7 Å². The summed E-state index contributed by atoms with van der Waals surface area (Å²) in [4.78, 5) is 24.9. The highest BCUT2D eigenvalue weighted by Gasteiger charge is 2.45. The van der Waals surface area contributed by atoms with Crippen molar-refractivity contribution in [3.8, 4) is 17.3 Å². The second kappa shape index (κ2) is 9.88. The second-order valence-corrected chi connectivity index (χ2v) is 13.9. The van der Waals surface area contributed by atoms with Gasteiger partial charge in [-0.3, -0.25) is 4.79 Å². The van der Waals surface area contributed by atoms with Crippen LogP contribution in [0.4, 0.5) is 14.6 Å². The van der Waals surface area contributed by atoms with Gasteiger partial charge in [0, 0.05) is 43.2 Å². The molecule has 4 aromatic rings. The predicted octanol–water partition coefficient (Wildman–Crippen LogP) is 3.56. The highest BCUT2D eigenvalue weighted by Crippen LogP contribution is 2.40. The van der Waals surface area contributed by atoms with Crippen LogP contribution in [-0.4, -0.2) is 76.9 Å². The van der Waals surface area contributed by atoms with Crippen molar-refractivity contribution in [2.75, 3.05) is 24.2 Å². The molecule has 3 aromatic heterocycles. The van der Waals surface area contributed by atoms with E-state index in [2.05, 4.69) is 4.98 Å². The molecule has 2 N–H and O–H groups in total.